The van der Waals surface area contributed by atoms with Crippen LogP contribution in [0.2, 0.25) is 0 Å². The molecule has 30 heavy (non-hydrogen) atoms. The van der Waals surface area contributed by atoms with Gasteiger partial charge in [0.05, 0.1) is 25.3 Å². The Morgan fingerprint density at radius 1 is 0.700 bits per heavy atom. The molecule has 0 aromatic rings. The molecule has 2 heterocycles. The molecule has 2 fully saturated rings. The van der Waals surface area contributed by atoms with Gasteiger partial charge >= 0.3 is 12.2 Å². The summed E-state index contributed by atoms with van der Waals surface area (Å²) in [7, 11) is 0. The fraction of sp³-hybridized carbons (Fsp3) is 0.909. The molecule has 2 aliphatic rings. The van der Waals surface area contributed by atoms with Crippen LogP contribution >= 0.6 is 0 Å². The average molecular weight is 431 g/mol. The SMILES string of the molecule is C[C@@H]1CC[C@@H](O)CN1C(=O)OC(C)(C)C.C[C@H]1CC[C@H](O)CN1C(=O)OC(C)(C)C. The lowest BCUT2D eigenvalue weighted by Crippen LogP contribution is -2.49. The average Bonchev–Trinajstić information content (AvgIpc) is 2.56. The van der Waals surface area contributed by atoms with Gasteiger partial charge < -0.3 is 29.5 Å². The molecular formula is C22H42N2O6. The lowest BCUT2D eigenvalue weighted by Gasteiger charge is -2.36. The Hall–Kier alpha value is -1.54. The van der Waals surface area contributed by atoms with Crippen molar-refractivity contribution >= 4 is 12.2 Å². The Kier molecular flexibility index (Phi) is 9.42. The Morgan fingerprint density at radius 2 is 1.00 bits per heavy atom. The zero-order valence-electron chi connectivity index (χ0n) is 20.0. The number of β-amino-alcohol motifs (C(OH)–C–C–N with tert-alkyl or cyclic N) is 2. The molecule has 0 radical (unpaired) electrons. The lowest BCUT2D eigenvalue weighted by atomic mass is 10.0. The number of hydrogen-bond donors (Lipinski definition) is 2. The van der Waals surface area contributed by atoms with E-state index >= 15 is 0 Å². The largest absolute Gasteiger partial charge is 0.444 e. The number of nitrogens with zero attached hydrogens (tertiary/aromatic N) is 2. The first-order valence-corrected chi connectivity index (χ1v) is 10.9. The van der Waals surface area contributed by atoms with Gasteiger partial charge in [-0.15, -0.1) is 0 Å². The minimum absolute atomic E-state index is 0.156. The maximum absolute atomic E-state index is 11.8. The van der Waals surface area contributed by atoms with Gasteiger partial charge in [0, 0.05) is 12.1 Å². The summed E-state index contributed by atoms with van der Waals surface area (Å²) < 4.78 is 10.5. The van der Waals surface area contributed by atoms with E-state index in [1.807, 2.05) is 55.4 Å². The molecule has 0 aromatic carbocycles. The quantitative estimate of drug-likeness (QED) is 0.610. The third-order valence-corrected chi connectivity index (χ3v) is 4.97. The molecular weight excluding hydrogens is 388 g/mol. The third-order valence-electron chi connectivity index (χ3n) is 4.97. The number of piperidine rings is 2. The lowest BCUT2D eigenvalue weighted by molar-refractivity contribution is -0.0103. The van der Waals surface area contributed by atoms with Crippen LogP contribution in [-0.4, -0.2) is 80.8 Å². The molecule has 2 aliphatic heterocycles. The molecule has 8 heteroatoms. The topological polar surface area (TPSA) is 99.5 Å². The molecule has 8 nitrogen and oxygen atoms in total. The predicted octanol–water partition coefficient (Wildman–Crippen LogP) is 3.53. The molecule has 2 rings (SSSR count). The molecule has 2 N–H and O–H groups in total. The monoisotopic (exact) mass is 430 g/mol. The van der Waals surface area contributed by atoms with Gasteiger partial charge in [-0.05, 0) is 81.1 Å². The molecule has 0 unspecified atom stereocenters. The van der Waals surface area contributed by atoms with Crippen LogP contribution in [0.1, 0.15) is 81.1 Å². The number of carbonyl (C=O) groups excluding carboxylic acids is 2. The predicted molar refractivity (Wildman–Crippen MR) is 115 cm³/mol. The number of amides is 2. The van der Waals surface area contributed by atoms with Gasteiger partial charge in [0.1, 0.15) is 11.2 Å². The van der Waals surface area contributed by atoms with Crippen LogP contribution in [0.3, 0.4) is 0 Å². The molecule has 0 bridgehead atoms. The van der Waals surface area contributed by atoms with Crippen LogP contribution in [0.15, 0.2) is 0 Å². The Morgan fingerprint density at radius 3 is 1.27 bits per heavy atom. The van der Waals surface area contributed by atoms with Crippen molar-refractivity contribution in [3.63, 3.8) is 0 Å². The van der Waals surface area contributed by atoms with Gasteiger partial charge in [0.15, 0.2) is 0 Å². The van der Waals surface area contributed by atoms with Crippen molar-refractivity contribution in [3.8, 4) is 0 Å². The molecule has 0 aromatic heterocycles. The summed E-state index contributed by atoms with van der Waals surface area (Å²) >= 11 is 0. The molecule has 176 valence electrons. The highest BCUT2D eigenvalue weighted by Gasteiger charge is 2.32. The highest BCUT2D eigenvalue weighted by molar-refractivity contribution is 5.69. The van der Waals surface area contributed by atoms with E-state index in [-0.39, 0.29) is 24.3 Å². The molecule has 0 aliphatic carbocycles. The maximum Gasteiger partial charge on any atom is 0.410 e. The Labute approximate surface area is 181 Å². The first kappa shape index (κ1) is 26.5. The van der Waals surface area contributed by atoms with Crippen molar-refractivity contribution in [2.75, 3.05) is 13.1 Å². The van der Waals surface area contributed by atoms with Gasteiger partial charge in [-0.1, -0.05) is 0 Å². The fourth-order valence-electron chi connectivity index (χ4n) is 3.33. The second-order valence-electron chi connectivity index (χ2n) is 10.4. The van der Waals surface area contributed by atoms with Crippen LogP contribution in [0, 0.1) is 0 Å². The van der Waals surface area contributed by atoms with Crippen LogP contribution in [0.25, 0.3) is 0 Å². The van der Waals surface area contributed by atoms with E-state index in [0.717, 1.165) is 25.7 Å². The van der Waals surface area contributed by atoms with Crippen molar-refractivity contribution in [3.05, 3.63) is 0 Å². The zero-order chi connectivity index (χ0) is 23.3. The Balaban J connectivity index is 0.000000300. The smallest absolute Gasteiger partial charge is 0.410 e. The highest BCUT2D eigenvalue weighted by atomic mass is 16.6. The molecule has 0 saturated carbocycles. The summed E-state index contributed by atoms with van der Waals surface area (Å²) in [6, 6.07) is 0.312. The second kappa shape index (κ2) is 10.7. The van der Waals surface area contributed by atoms with E-state index in [9.17, 15) is 19.8 Å². The third kappa shape index (κ3) is 9.51. The van der Waals surface area contributed by atoms with Gasteiger partial charge in [-0.3, -0.25) is 0 Å². The number of likely N-dealkylation sites (tertiary alicyclic amines) is 2. The van der Waals surface area contributed by atoms with Gasteiger partial charge in [0.25, 0.3) is 0 Å². The number of hydrogen-bond acceptors (Lipinski definition) is 6. The Bertz CT molecular complexity index is 519. The number of carbonyl (C=O) groups is 2. The molecule has 2 saturated heterocycles. The van der Waals surface area contributed by atoms with Crippen molar-refractivity contribution in [2.24, 2.45) is 0 Å². The van der Waals surface area contributed by atoms with Gasteiger partial charge in [0.2, 0.25) is 0 Å². The number of aliphatic hydroxyl groups excluding tert-OH is 2. The van der Waals surface area contributed by atoms with E-state index < -0.39 is 23.4 Å². The van der Waals surface area contributed by atoms with E-state index in [2.05, 4.69) is 0 Å². The minimum atomic E-state index is -0.473. The summed E-state index contributed by atoms with van der Waals surface area (Å²) in [5.41, 5.74) is -0.946. The summed E-state index contributed by atoms with van der Waals surface area (Å²) in [5, 5.41) is 19.0. The summed E-state index contributed by atoms with van der Waals surface area (Å²) in [5.74, 6) is 0. The first-order chi connectivity index (χ1) is 13.6. The standard InChI is InChI=1S/2C11H21NO3/c2*1-8-5-6-9(13)7-12(8)10(14)15-11(2,3)4/h2*8-9,13H,5-7H2,1-4H3/t2*8-,9-/m10/s1. The minimum Gasteiger partial charge on any atom is -0.444 e. The van der Waals surface area contributed by atoms with E-state index in [1.165, 1.54) is 0 Å². The van der Waals surface area contributed by atoms with Crippen molar-refractivity contribution in [2.45, 2.75) is 117 Å². The summed E-state index contributed by atoms with van der Waals surface area (Å²) in [6.45, 7) is 15.8. The van der Waals surface area contributed by atoms with Crippen LogP contribution in [0.4, 0.5) is 9.59 Å². The normalized spacial score (nSPS) is 27.7. The molecule has 0 spiro atoms. The first-order valence-electron chi connectivity index (χ1n) is 10.9. The second-order valence-corrected chi connectivity index (χ2v) is 10.4. The van der Waals surface area contributed by atoms with Gasteiger partial charge in [-0.25, -0.2) is 9.59 Å². The molecule has 2 amide bonds. The van der Waals surface area contributed by atoms with Crippen molar-refractivity contribution in [1.82, 2.24) is 9.80 Å². The van der Waals surface area contributed by atoms with Crippen molar-refractivity contribution < 1.29 is 29.3 Å². The van der Waals surface area contributed by atoms with Gasteiger partial charge in [-0.2, -0.15) is 0 Å². The number of ether oxygens (including phenoxy) is 2. The van der Waals surface area contributed by atoms with E-state index in [4.69, 9.17) is 9.47 Å². The summed E-state index contributed by atoms with van der Waals surface area (Å²) in [6.07, 6.45) is 1.73. The van der Waals surface area contributed by atoms with E-state index in [0.29, 0.717) is 13.1 Å². The maximum atomic E-state index is 11.8. The number of aliphatic hydroxyl groups is 2. The van der Waals surface area contributed by atoms with Crippen LogP contribution in [-0.2, 0) is 9.47 Å². The van der Waals surface area contributed by atoms with Crippen LogP contribution in [0.5, 0.6) is 0 Å². The zero-order valence-corrected chi connectivity index (χ0v) is 20.0. The number of rotatable bonds is 0. The van der Waals surface area contributed by atoms with Crippen LogP contribution < -0.4 is 0 Å². The molecule has 4 atom stereocenters. The summed E-state index contributed by atoms with van der Waals surface area (Å²) in [4.78, 5) is 26.7. The van der Waals surface area contributed by atoms with E-state index in [1.54, 1.807) is 9.80 Å². The fourth-order valence-corrected chi connectivity index (χ4v) is 3.33. The highest BCUT2D eigenvalue weighted by Crippen LogP contribution is 2.21. The van der Waals surface area contributed by atoms with Crippen molar-refractivity contribution in [1.29, 1.82) is 0 Å².